The van der Waals surface area contributed by atoms with Crippen molar-refractivity contribution in [2.45, 2.75) is 24.3 Å². The van der Waals surface area contributed by atoms with Crippen molar-refractivity contribution in [3.8, 4) is 11.8 Å². The largest absolute Gasteiger partial charge is 0.316 e. The molecule has 9 heteroatoms. The first-order valence-corrected chi connectivity index (χ1v) is 9.15. The number of anilines is 1. The summed E-state index contributed by atoms with van der Waals surface area (Å²) in [7, 11) is 0. The summed E-state index contributed by atoms with van der Waals surface area (Å²) in [5, 5.41) is 26.0. The molecule has 1 N–H and O–H groups in total. The molecular formula is C16H14N6OS2. The van der Waals surface area contributed by atoms with Crippen molar-refractivity contribution in [2.24, 2.45) is 0 Å². The Balaban J connectivity index is 1.74. The Labute approximate surface area is 152 Å². The Bertz CT molecular complexity index is 942. The van der Waals surface area contributed by atoms with E-state index in [1.807, 2.05) is 31.2 Å². The van der Waals surface area contributed by atoms with Crippen molar-refractivity contribution in [3.05, 3.63) is 46.8 Å². The summed E-state index contributed by atoms with van der Waals surface area (Å²) in [6.07, 6.45) is 0. The maximum atomic E-state index is 12.4. The lowest BCUT2D eigenvalue weighted by Gasteiger charge is -2.11. The standard InChI is InChI=1S/C16H14N6OS2/c1-10-4-3-5-13(8-10)22-16(19-20-21-22)25-11(2)14(23)18-15-12(9-17)6-7-24-15/h3-8,11H,1-2H3,(H,18,23)/t11-/m1/s1. The Kier molecular flexibility index (Phi) is 5.11. The third kappa shape index (κ3) is 3.87. The second kappa shape index (κ2) is 7.46. The zero-order valence-electron chi connectivity index (χ0n) is 13.5. The first-order chi connectivity index (χ1) is 12.1. The molecule has 2 heterocycles. The topological polar surface area (TPSA) is 96.5 Å². The van der Waals surface area contributed by atoms with E-state index in [4.69, 9.17) is 5.26 Å². The molecule has 3 aromatic rings. The minimum atomic E-state index is -0.428. The summed E-state index contributed by atoms with van der Waals surface area (Å²) < 4.78 is 1.60. The summed E-state index contributed by atoms with van der Waals surface area (Å²) in [4.78, 5) is 12.4. The lowest BCUT2D eigenvalue weighted by atomic mass is 10.2. The number of aromatic nitrogens is 4. The first kappa shape index (κ1) is 17.1. The number of nitrogens with one attached hydrogen (secondary N) is 1. The van der Waals surface area contributed by atoms with Crippen LogP contribution in [0, 0.1) is 18.3 Å². The Morgan fingerprint density at radius 3 is 3.04 bits per heavy atom. The molecule has 0 spiro atoms. The van der Waals surface area contributed by atoms with Crippen LogP contribution in [0.15, 0.2) is 40.9 Å². The number of carbonyl (C=O) groups is 1. The highest BCUT2D eigenvalue weighted by Crippen LogP contribution is 2.26. The van der Waals surface area contributed by atoms with Crippen LogP contribution in [0.1, 0.15) is 18.1 Å². The second-order valence-corrected chi connectivity index (χ2v) is 7.46. The van der Waals surface area contributed by atoms with Crippen LogP contribution in [0.5, 0.6) is 0 Å². The molecule has 0 aliphatic rings. The third-order valence-electron chi connectivity index (χ3n) is 3.36. The maximum Gasteiger partial charge on any atom is 0.238 e. The van der Waals surface area contributed by atoms with Gasteiger partial charge in [0.25, 0.3) is 0 Å². The Hall–Kier alpha value is -2.70. The number of hydrogen-bond acceptors (Lipinski definition) is 7. The van der Waals surface area contributed by atoms with Crippen molar-refractivity contribution in [2.75, 3.05) is 5.32 Å². The summed E-state index contributed by atoms with van der Waals surface area (Å²) in [5.74, 6) is -0.206. The molecule has 0 bridgehead atoms. The molecule has 7 nitrogen and oxygen atoms in total. The fourth-order valence-electron chi connectivity index (χ4n) is 2.09. The van der Waals surface area contributed by atoms with E-state index in [9.17, 15) is 4.79 Å². The molecule has 0 aliphatic carbocycles. The smallest absolute Gasteiger partial charge is 0.238 e. The van der Waals surface area contributed by atoms with Gasteiger partial charge in [-0.3, -0.25) is 4.79 Å². The van der Waals surface area contributed by atoms with E-state index in [0.717, 1.165) is 11.3 Å². The van der Waals surface area contributed by atoms with E-state index in [0.29, 0.717) is 15.7 Å². The average molecular weight is 370 g/mol. The van der Waals surface area contributed by atoms with Gasteiger partial charge in [0.2, 0.25) is 11.1 Å². The normalized spacial score (nSPS) is 11.7. The van der Waals surface area contributed by atoms with Crippen LogP contribution >= 0.6 is 23.1 Å². The molecule has 0 saturated heterocycles. The van der Waals surface area contributed by atoms with E-state index in [2.05, 4.69) is 26.9 Å². The molecule has 1 amide bonds. The van der Waals surface area contributed by atoms with Crippen LogP contribution < -0.4 is 5.32 Å². The van der Waals surface area contributed by atoms with Crippen LogP contribution in [0.3, 0.4) is 0 Å². The van der Waals surface area contributed by atoms with Gasteiger partial charge in [0, 0.05) is 0 Å². The van der Waals surface area contributed by atoms with Gasteiger partial charge in [-0.25, -0.2) is 0 Å². The van der Waals surface area contributed by atoms with Gasteiger partial charge in [0.1, 0.15) is 11.1 Å². The quantitative estimate of drug-likeness (QED) is 0.694. The number of thiophene rings is 1. The maximum absolute atomic E-state index is 12.4. The molecule has 0 fully saturated rings. The highest BCUT2D eigenvalue weighted by molar-refractivity contribution is 8.00. The molecule has 25 heavy (non-hydrogen) atoms. The summed E-state index contributed by atoms with van der Waals surface area (Å²) in [5.41, 5.74) is 2.39. The zero-order chi connectivity index (χ0) is 17.8. The molecule has 2 aromatic heterocycles. The first-order valence-electron chi connectivity index (χ1n) is 7.39. The average Bonchev–Trinajstić information content (AvgIpc) is 3.23. The highest BCUT2D eigenvalue weighted by Gasteiger charge is 2.20. The number of nitriles is 1. The number of nitrogens with zero attached hydrogens (tertiary/aromatic N) is 5. The molecule has 0 unspecified atom stereocenters. The number of benzene rings is 1. The summed E-state index contributed by atoms with van der Waals surface area (Å²) in [6, 6.07) is 11.5. The fraction of sp³-hybridized carbons (Fsp3) is 0.188. The number of thioether (sulfide) groups is 1. The van der Waals surface area contributed by atoms with Gasteiger partial charge >= 0.3 is 0 Å². The minimum Gasteiger partial charge on any atom is -0.316 e. The number of aryl methyl sites for hydroxylation is 1. The van der Waals surface area contributed by atoms with E-state index < -0.39 is 5.25 Å². The van der Waals surface area contributed by atoms with Crippen molar-refractivity contribution in [3.63, 3.8) is 0 Å². The molecule has 126 valence electrons. The van der Waals surface area contributed by atoms with Gasteiger partial charge in [0.15, 0.2) is 0 Å². The van der Waals surface area contributed by atoms with Gasteiger partial charge in [-0.05, 0) is 53.4 Å². The fourth-order valence-corrected chi connectivity index (χ4v) is 3.64. The van der Waals surface area contributed by atoms with Gasteiger partial charge in [-0.1, -0.05) is 23.9 Å². The Morgan fingerprint density at radius 2 is 2.28 bits per heavy atom. The number of tetrazole rings is 1. The second-order valence-electron chi connectivity index (χ2n) is 5.24. The number of carbonyl (C=O) groups excluding carboxylic acids is 1. The van der Waals surface area contributed by atoms with Crippen LogP contribution in [0.2, 0.25) is 0 Å². The summed E-state index contributed by atoms with van der Waals surface area (Å²) in [6.45, 7) is 3.76. The van der Waals surface area contributed by atoms with Gasteiger partial charge < -0.3 is 5.32 Å². The molecule has 0 saturated carbocycles. The molecule has 1 aromatic carbocycles. The minimum absolute atomic E-state index is 0.206. The SMILES string of the molecule is Cc1cccc(-n2nnnc2S[C@H](C)C(=O)Nc2sccc2C#N)c1. The van der Waals surface area contributed by atoms with Gasteiger partial charge in [-0.15, -0.1) is 16.4 Å². The predicted molar refractivity (Wildman–Crippen MR) is 96.9 cm³/mol. The molecular weight excluding hydrogens is 356 g/mol. The number of hydrogen-bond donors (Lipinski definition) is 1. The van der Waals surface area contributed by atoms with Gasteiger partial charge in [-0.2, -0.15) is 9.94 Å². The predicted octanol–water partition coefficient (Wildman–Crippen LogP) is 3.02. The number of rotatable bonds is 5. The van der Waals surface area contributed by atoms with Crippen molar-refractivity contribution >= 4 is 34.0 Å². The monoisotopic (exact) mass is 370 g/mol. The van der Waals surface area contributed by atoms with E-state index in [1.54, 1.807) is 23.1 Å². The van der Waals surface area contributed by atoms with E-state index in [1.165, 1.54) is 23.1 Å². The zero-order valence-corrected chi connectivity index (χ0v) is 15.1. The van der Waals surface area contributed by atoms with Crippen LogP contribution in [-0.2, 0) is 4.79 Å². The lowest BCUT2D eigenvalue weighted by Crippen LogP contribution is -2.22. The molecule has 1 atom stereocenters. The summed E-state index contributed by atoms with van der Waals surface area (Å²) >= 11 is 2.58. The number of amides is 1. The van der Waals surface area contributed by atoms with Crippen LogP contribution in [0.25, 0.3) is 5.69 Å². The van der Waals surface area contributed by atoms with Crippen LogP contribution in [0.4, 0.5) is 5.00 Å². The Morgan fingerprint density at radius 1 is 1.44 bits per heavy atom. The van der Waals surface area contributed by atoms with Crippen molar-refractivity contribution in [1.82, 2.24) is 20.2 Å². The van der Waals surface area contributed by atoms with E-state index >= 15 is 0 Å². The van der Waals surface area contributed by atoms with E-state index in [-0.39, 0.29) is 5.91 Å². The highest BCUT2D eigenvalue weighted by atomic mass is 32.2. The lowest BCUT2D eigenvalue weighted by molar-refractivity contribution is -0.115. The third-order valence-corrected chi connectivity index (χ3v) is 5.22. The molecule has 3 rings (SSSR count). The van der Waals surface area contributed by atoms with Gasteiger partial charge in [0.05, 0.1) is 16.5 Å². The van der Waals surface area contributed by atoms with Crippen molar-refractivity contribution in [1.29, 1.82) is 5.26 Å². The van der Waals surface area contributed by atoms with Crippen LogP contribution in [-0.4, -0.2) is 31.4 Å². The molecule has 0 aliphatic heterocycles. The molecule has 0 radical (unpaired) electrons. The van der Waals surface area contributed by atoms with Crippen molar-refractivity contribution < 1.29 is 4.79 Å².